The van der Waals surface area contributed by atoms with Gasteiger partial charge in [-0.05, 0) is 43.2 Å². The van der Waals surface area contributed by atoms with E-state index >= 15 is 0 Å². The van der Waals surface area contributed by atoms with E-state index < -0.39 is 10.0 Å². The summed E-state index contributed by atoms with van der Waals surface area (Å²) in [5, 5.41) is 11.1. The molecule has 0 radical (unpaired) electrons. The Morgan fingerprint density at radius 2 is 1.93 bits per heavy atom. The van der Waals surface area contributed by atoms with Gasteiger partial charge < -0.3 is 0 Å². The summed E-state index contributed by atoms with van der Waals surface area (Å²) in [7, 11) is -3.61. The number of thioether (sulfide) groups is 1. The first kappa shape index (κ1) is 21.2. The van der Waals surface area contributed by atoms with Crippen molar-refractivity contribution in [1.82, 2.24) is 14.5 Å². The summed E-state index contributed by atoms with van der Waals surface area (Å²) in [6, 6.07) is 4.72. The third kappa shape index (κ3) is 4.91. The number of amides is 1. The number of hydrogen-bond acceptors (Lipinski definition) is 7. The van der Waals surface area contributed by atoms with Crippen molar-refractivity contribution in [1.29, 1.82) is 0 Å². The fraction of sp³-hybridized carbons (Fsp3) is 0.500. The molecule has 0 unspecified atom stereocenters. The Kier molecular flexibility index (Phi) is 7.08. The quantitative estimate of drug-likeness (QED) is 0.543. The number of sulfonamides is 1. The Morgan fingerprint density at radius 1 is 1.21 bits per heavy atom. The van der Waals surface area contributed by atoms with Crippen molar-refractivity contribution in [2.45, 2.75) is 48.8 Å². The lowest BCUT2D eigenvalue weighted by molar-refractivity contribution is 0.102. The summed E-state index contributed by atoms with van der Waals surface area (Å²) in [6.45, 7) is 4.86. The Bertz CT molecular complexity index is 935. The molecule has 2 aromatic rings. The van der Waals surface area contributed by atoms with Crippen LogP contribution in [0.3, 0.4) is 0 Å². The van der Waals surface area contributed by atoms with Gasteiger partial charge in [-0.25, -0.2) is 8.42 Å². The number of aromatic nitrogens is 2. The molecule has 1 aliphatic heterocycles. The van der Waals surface area contributed by atoms with E-state index in [-0.39, 0.29) is 10.8 Å². The average molecular weight is 441 g/mol. The van der Waals surface area contributed by atoms with Crippen molar-refractivity contribution in [2.75, 3.05) is 24.2 Å². The standard InChI is InChI=1S/C18H24N4O3S3/c1-3-26-18-21-20-17(27-18)19-16(23)15-12-14(9-8-13(15)2)28(24,25)22-10-6-4-5-7-11-22/h8-9,12H,3-7,10-11H2,1-2H3,(H,19,20,23). The Hall–Kier alpha value is -1.49. The summed E-state index contributed by atoms with van der Waals surface area (Å²) >= 11 is 2.86. The SMILES string of the molecule is CCSc1nnc(NC(=O)c2cc(S(=O)(=O)N3CCCCCC3)ccc2C)s1. The van der Waals surface area contributed by atoms with Gasteiger partial charge in [0.15, 0.2) is 4.34 Å². The van der Waals surface area contributed by atoms with E-state index in [0.29, 0.717) is 29.3 Å². The van der Waals surface area contributed by atoms with Crippen molar-refractivity contribution in [2.24, 2.45) is 0 Å². The lowest BCUT2D eigenvalue weighted by Gasteiger charge is -2.20. The molecule has 1 saturated heterocycles. The number of anilines is 1. The minimum Gasteiger partial charge on any atom is -0.296 e. The molecule has 0 spiro atoms. The Balaban J connectivity index is 1.82. The predicted molar refractivity (Wildman–Crippen MR) is 113 cm³/mol. The smallest absolute Gasteiger partial charge is 0.257 e. The van der Waals surface area contributed by atoms with E-state index in [1.54, 1.807) is 30.8 Å². The molecule has 0 saturated carbocycles. The Morgan fingerprint density at radius 3 is 2.61 bits per heavy atom. The minimum atomic E-state index is -3.61. The predicted octanol–water partition coefficient (Wildman–Crippen LogP) is 3.78. The lowest BCUT2D eigenvalue weighted by Crippen LogP contribution is -2.32. The molecule has 28 heavy (non-hydrogen) atoms. The first-order valence-corrected chi connectivity index (χ1v) is 12.5. The highest BCUT2D eigenvalue weighted by Gasteiger charge is 2.26. The van der Waals surface area contributed by atoms with Gasteiger partial charge in [0.1, 0.15) is 0 Å². The number of aryl methyl sites for hydroxylation is 1. The monoisotopic (exact) mass is 440 g/mol. The van der Waals surface area contributed by atoms with Gasteiger partial charge in [0.2, 0.25) is 15.2 Å². The maximum atomic E-state index is 13.0. The molecule has 1 aromatic carbocycles. The fourth-order valence-electron chi connectivity index (χ4n) is 3.04. The molecule has 0 bridgehead atoms. The summed E-state index contributed by atoms with van der Waals surface area (Å²) in [6.07, 6.45) is 3.84. The fourth-order valence-corrected chi connectivity index (χ4v) is 6.23. The van der Waals surface area contributed by atoms with Crippen LogP contribution in [0.2, 0.25) is 0 Å². The van der Waals surface area contributed by atoms with Gasteiger partial charge in [-0.15, -0.1) is 10.2 Å². The van der Waals surface area contributed by atoms with Crippen LogP contribution in [0.1, 0.15) is 48.5 Å². The van der Waals surface area contributed by atoms with E-state index in [0.717, 1.165) is 35.8 Å². The highest BCUT2D eigenvalue weighted by Crippen LogP contribution is 2.27. The summed E-state index contributed by atoms with van der Waals surface area (Å²) < 4.78 is 28.4. The maximum absolute atomic E-state index is 13.0. The van der Waals surface area contributed by atoms with Crippen molar-refractivity contribution in [3.05, 3.63) is 29.3 Å². The number of carbonyl (C=O) groups is 1. The van der Waals surface area contributed by atoms with Crippen LogP contribution in [0, 0.1) is 6.92 Å². The largest absolute Gasteiger partial charge is 0.296 e. The van der Waals surface area contributed by atoms with Crippen LogP contribution >= 0.6 is 23.1 Å². The summed E-state index contributed by atoms with van der Waals surface area (Å²) in [4.78, 5) is 12.9. The average Bonchev–Trinajstić information content (AvgIpc) is 2.92. The van der Waals surface area contributed by atoms with Gasteiger partial charge in [-0.3, -0.25) is 10.1 Å². The van der Waals surface area contributed by atoms with Crippen LogP contribution in [0.5, 0.6) is 0 Å². The number of rotatable bonds is 6. The molecular formula is C18H24N4O3S3. The van der Waals surface area contributed by atoms with Gasteiger partial charge in [-0.1, -0.05) is 48.9 Å². The second kappa shape index (κ2) is 9.34. The second-order valence-corrected chi connectivity index (χ2v) is 11.0. The molecule has 7 nitrogen and oxygen atoms in total. The van der Waals surface area contributed by atoms with Gasteiger partial charge in [0.05, 0.1) is 4.90 Å². The second-order valence-electron chi connectivity index (χ2n) is 6.56. The third-order valence-electron chi connectivity index (χ3n) is 4.55. The van der Waals surface area contributed by atoms with Crippen molar-refractivity contribution in [3.63, 3.8) is 0 Å². The van der Waals surface area contributed by atoms with E-state index in [2.05, 4.69) is 15.5 Å². The zero-order valence-electron chi connectivity index (χ0n) is 16.0. The van der Waals surface area contributed by atoms with E-state index in [1.807, 2.05) is 6.92 Å². The molecule has 10 heteroatoms. The van der Waals surface area contributed by atoms with E-state index in [9.17, 15) is 13.2 Å². The number of carbonyl (C=O) groups excluding carboxylic acids is 1. The highest BCUT2D eigenvalue weighted by molar-refractivity contribution is 8.01. The normalized spacial score (nSPS) is 15.9. The zero-order chi connectivity index (χ0) is 20.1. The minimum absolute atomic E-state index is 0.157. The molecule has 152 valence electrons. The van der Waals surface area contributed by atoms with Gasteiger partial charge in [0.25, 0.3) is 5.91 Å². The molecule has 1 N–H and O–H groups in total. The summed E-state index contributed by atoms with van der Waals surface area (Å²) in [5.41, 5.74) is 1.04. The van der Waals surface area contributed by atoms with Crippen LogP contribution in [-0.4, -0.2) is 47.7 Å². The number of benzene rings is 1. The molecule has 2 heterocycles. The first-order chi connectivity index (χ1) is 13.4. The molecule has 0 atom stereocenters. The topological polar surface area (TPSA) is 92.3 Å². The van der Waals surface area contributed by atoms with Crippen LogP contribution in [0.25, 0.3) is 0 Å². The van der Waals surface area contributed by atoms with Crippen molar-refractivity contribution in [3.8, 4) is 0 Å². The van der Waals surface area contributed by atoms with Crippen LogP contribution < -0.4 is 5.32 Å². The van der Waals surface area contributed by atoms with Gasteiger partial charge in [0, 0.05) is 18.7 Å². The third-order valence-corrected chi connectivity index (χ3v) is 8.30. The molecule has 1 fully saturated rings. The van der Waals surface area contributed by atoms with Gasteiger partial charge >= 0.3 is 0 Å². The molecular weight excluding hydrogens is 416 g/mol. The molecule has 1 aliphatic rings. The number of hydrogen-bond donors (Lipinski definition) is 1. The summed E-state index contributed by atoms with van der Waals surface area (Å²) in [5.74, 6) is 0.493. The molecule has 1 aromatic heterocycles. The van der Waals surface area contributed by atoms with Crippen LogP contribution in [0.15, 0.2) is 27.4 Å². The van der Waals surface area contributed by atoms with E-state index in [1.165, 1.54) is 21.7 Å². The number of nitrogens with zero attached hydrogens (tertiary/aromatic N) is 3. The molecule has 3 rings (SSSR count). The highest BCUT2D eigenvalue weighted by atomic mass is 32.2. The Labute approximate surface area is 174 Å². The molecule has 1 amide bonds. The van der Waals surface area contributed by atoms with Crippen LogP contribution in [0.4, 0.5) is 5.13 Å². The van der Waals surface area contributed by atoms with Crippen molar-refractivity contribution >= 4 is 44.2 Å². The van der Waals surface area contributed by atoms with Crippen molar-refractivity contribution < 1.29 is 13.2 Å². The lowest BCUT2D eigenvalue weighted by atomic mass is 10.1. The maximum Gasteiger partial charge on any atom is 0.257 e. The van der Waals surface area contributed by atoms with Gasteiger partial charge in [-0.2, -0.15) is 4.31 Å². The zero-order valence-corrected chi connectivity index (χ0v) is 18.4. The molecule has 0 aliphatic carbocycles. The van der Waals surface area contributed by atoms with E-state index in [4.69, 9.17) is 0 Å². The number of nitrogens with one attached hydrogen (secondary N) is 1. The van der Waals surface area contributed by atoms with Crippen LogP contribution in [-0.2, 0) is 10.0 Å². The first-order valence-electron chi connectivity index (χ1n) is 9.30.